The highest BCUT2D eigenvalue weighted by Gasteiger charge is 2.18. The van der Waals surface area contributed by atoms with Crippen LogP contribution in [-0.4, -0.2) is 11.8 Å². The summed E-state index contributed by atoms with van der Waals surface area (Å²) in [6, 6.07) is 6.53. The van der Waals surface area contributed by atoms with Gasteiger partial charge in [0.05, 0.1) is 5.71 Å². The molecule has 0 amide bonds. The van der Waals surface area contributed by atoms with E-state index in [-0.39, 0.29) is 6.10 Å². The van der Waals surface area contributed by atoms with Gasteiger partial charge >= 0.3 is 0 Å². The largest absolute Gasteiger partial charge is 0.393 e. The van der Waals surface area contributed by atoms with Crippen LogP contribution in [0.3, 0.4) is 0 Å². The molecule has 2 nitrogen and oxygen atoms in total. The van der Waals surface area contributed by atoms with Crippen molar-refractivity contribution in [2.45, 2.75) is 39.7 Å². The van der Waals surface area contributed by atoms with Crippen molar-refractivity contribution in [3.63, 3.8) is 0 Å². The molecule has 2 heteroatoms. The number of aryl methyl sites for hydroxylation is 2. The Morgan fingerprint density at radius 3 is 2.80 bits per heavy atom. The second kappa shape index (κ2) is 4.05. The van der Waals surface area contributed by atoms with Crippen LogP contribution in [0, 0.1) is 6.92 Å². The molecule has 0 unspecified atom stereocenters. The number of benzene rings is 1. The molecule has 0 saturated carbocycles. The van der Waals surface area contributed by atoms with E-state index in [2.05, 4.69) is 30.3 Å². The molecule has 1 aliphatic carbocycles. The molecule has 0 radical (unpaired) electrons. The number of hydrogen-bond acceptors (Lipinski definition) is 2. The lowest BCUT2D eigenvalue weighted by molar-refractivity contribution is 0.0858. The fourth-order valence-electron chi connectivity index (χ4n) is 1.86. The van der Waals surface area contributed by atoms with Crippen LogP contribution >= 0.6 is 0 Å². The Morgan fingerprint density at radius 2 is 2.07 bits per heavy atom. The summed E-state index contributed by atoms with van der Waals surface area (Å²) in [4.78, 5) is 5.30. The maximum absolute atomic E-state index is 5.30. The third-order valence-corrected chi connectivity index (χ3v) is 2.58. The Bertz CT molecular complexity index is 394. The molecule has 15 heavy (non-hydrogen) atoms. The number of rotatable bonds is 2. The molecular weight excluding hydrogens is 186 g/mol. The fraction of sp³-hybridized carbons (Fsp3) is 0.462. The zero-order valence-electron chi connectivity index (χ0n) is 9.58. The minimum atomic E-state index is 0.159. The van der Waals surface area contributed by atoms with Gasteiger partial charge in [-0.2, -0.15) is 0 Å². The van der Waals surface area contributed by atoms with Crippen LogP contribution in [0.2, 0.25) is 0 Å². The zero-order valence-corrected chi connectivity index (χ0v) is 9.58. The van der Waals surface area contributed by atoms with Crippen LogP contribution in [-0.2, 0) is 11.3 Å². The van der Waals surface area contributed by atoms with Crippen LogP contribution in [0.15, 0.2) is 23.4 Å². The third-order valence-electron chi connectivity index (χ3n) is 2.58. The first-order valence-electron chi connectivity index (χ1n) is 5.49. The summed E-state index contributed by atoms with van der Waals surface area (Å²) >= 11 is 0. The van der Waals surface area contributed by atoms with Crippen LogP contribution < -0.4 is 0 Å². The summed E-state index contributed by atoms with van der Waals surface area (Å²) < 4.78 is 0. The number of fused-ring (bicyclic) bond motifs is 1. The number of hydrogen-bond donors (Lipinski definition) is 0. The van der Waals surface area contributed by atoms with Crippen molar-refractivity contribution in [1.29, 1.82) is 0 Å². The summed E-state index contributed by atoms with van der Waals surface area (Å²) in [6.07, 6.45) is 2.26. The van der Waals surface area contributed by atoms with Crippen molar-refractivity contribution in [3.8, 4) is 0 Å². The molecule has 0 bridgehead atoms. The second-order valence-corrected chi connectivity index (χ2v) is 4.35. The Labute approximate surface area is 90.9 Å². The van der Waals surface area contributed by atoms with Crippen LogP contribution in [0.4, 0.5) is 0 Å². The van der Waals surface area contributed by atoms with E-state index in [4.69, 9.17) is 4.84 Å². The van der Waals surface area contributed by atoms with Crippen LogP contribution in [0.5, 0.6) is 0 Å². The van der Waals surface area contributed by atoms with Gasteiger partial charge in [-0.05, 0) is 39.2 Å². The van der Waals surface area contributed by atoms with E-state index >= 15 is 0 Å². The smallest absolute Gasteiger partial charge is 0.122 e. The molecule has 0 aromatic heterocycles. The van der Waals surface area contributed by atoms with Gasteiger partial charge in [-0.1, -0.05) is 28.9 Å². The maximum Gasteiger partial charge on any atom is 0.122 e. The molecule has 0 N–H and O–H groups in total. The zero-order chi connectivity index (χ0) is 10.8. The Morgan fingerprint density at radius 1 is 1.27 bits per heavy atom. The summed E-state index contributed by atoms with van der Waals surface area (Å²) in [7, 11) is 0. The second-order valence-electron chi connectivity index (χ2n) is 4.35. The highest BCUT2D eigenvalue weighted by molar-refractivity contribution is 6.04. The predicted molar refractivity (Wildman–Crippen MR) is 62.3 cm³/mol. The number of oxime groups is 1. The van der Waals surface area contributed by atoms with Gasteiger partial charge in [0.2, 0.25) is 0 Å². The minimum Gasteiger partial charge on any atom is -0.393 e. The Kier molecular flexibility index (Phi) is 2.76. The van der Waals surface area contributed by atoms with Gasteiger partial charge in [-0.3, -0.25) is 0 Å². The van der Waals surface area contributed by atoms with E-state index in [0.29, 0.717) is 0 Å². The van der Waals surface area contributed by atoms with Gasteiger partial charge < -0.3 is 4.84 Å². The van der Waals surface area contributed by atoms with Crippen LogP contribution in [0.1, 0.15) is 37.0 Å². The highest BCUT2D eigenvalue weighted by atomic mass is 16.6. The molecule has 1 aliphatic rings. The van der Waals surface area contributed by atoms with Gasteiger partial charge in [0.25, 0.3) is 0 Å². The highest BCUT2D eigenvalue weighted by Crippen LogP contribution is 2.23. The SMILES string of the molecule is Cc1ccc2c(c1)CC/C2=N\OC(C)C. The summed E-state index contributed by atoms with van der Waals surface area (Å²) in [5, 5.41) is 4.21. The normalized spacial score (nSPS) is 17.2. The molecule has 0 heterocycles. The molecule has 1 aromatic rings. The molecule has 0 saturated heterocycles. The van der Waals surface area contributed by atoms with Gasteiger partial charge in [-0.15, -0.1) is 0 Å². The molecule has 1 aromatic carbocycles. The Balaban J connectivity index is 2.25. The average Bonchev–Trinajstić information content (AvgIpc) is 2.57. The van der Waals surface area contributed by atoms with Crippen molar-refractivity contribution < 1.29 is 4.84 Å². The van der Waals surface area contributed by atoms with E-state index in [0.717, 1.165) is 18.6 Å². The van der Waals surface area contributed by atoms with Crippen molar-refractivity contribution in [2.24, 2.45) is 5.16 Å². The lowest BCUT2D eigenvalue weighted by atomic mass is 10.1. The summed E-state index contributed by atoms with van der Waals surface area (Å²) in [6.45, 7) is 6.12. The van der Waals surface area contributed by atoms with E-state index in [1.54, 1.807) is 0 Å². The van der Waals surface area contributed by atoms with Gasteiger partial charge in [0.15, 0.2) is 0 Å². The van der Waals surface area contributed by atoms with Crippen molar-refractivity contribution in [2.75, 3.05) is 0 Å². The molecule has 0 atom stereocenters. The minimum absolute atomic E-state index is 0.159. The molecule has 0 fully saturated rings. The van der Waals surface area contributed by atoms with E-state index in [1.807, 2.05) is 13.8 Å². The lowest BCUT2D eigenvalue weighted by Crippen LogP contribution is -2.01. The average molecular weight is 203 g/mol. The monoisotopic (exact) mass is 203 g/mol. The van der Waals surface area contributed by atoms with Crippen LogP contribution in [0.25, 0.3) is 0 Å². The Hall–Kier alpha value is -1.31. The predicted octanol–water partition coefficient (Wildman–Crippen LogP) is 3.07. The van der Waals surface area contributed by atoms with E-state index in [9.17, 15) is 0 Å². The fourth-order valence-corrected chi connectivity index (χ4v) is 1.86. The molecule has 0 spiro atoms. The van der Waals surface area contributed by atoms with Gasteiger partial charge in [0.1, 0.15) is 6.10 Å². The standard InChI is InChI=1S/C13H17NO/c1-9(2)15-14-13-7-5-11-8-10(3)4-6-12(11)13/h4,6,8-9H,5,7H2,1-3H3/b14-13+. The third kappa shape index (κ3) is 2.20. The molecule has 0 aliphatic heterocycles. The first-order valence-corrected chi connectivity index (χ1v) is 5.49. The molecular formula is C13H17NO. The molecule has 80 valence electrons. The molecule has 2 rings (SSSR count). The van der Waals surface area contributed by atoms with E-state index in [1.165, 1.54) is 16.7 Å². The first-order chi connectivity index (χ1) is 7.16. The first kappa shape index (κ1) is 10.2. The topological polar surface area (TPSA) is 21.6 Å². The number of nitrogens with zero attached hydrogens (tertiary/aromatic N) is 1. The quantitative estimate of drug-likeness (QED) is 0.677. The maximum atomic E-state index is 5.30. The summed E-state index contributed by atoms with van der Waals surface area (Å²) in [5.74, 6) is 0. The van der Waals surface area contributed by atoms with Crippen molar-refractivity contribution in [3.05, 3.63) is 34.9 Å². The van der Waals surface area contributed by atoms with Crippen molar-refractivity contribution >= 4 is 5.71 Å². The van der Waals surface area contributed by atoms with Gasteiger partial charge in [0, 0.05) is 5.56 Å². The van der Waals surface area contributed by atoms with Crippen molar-refractivity contribution in [1.82, 2.24) is 0 Å². The van der Waals surface area contributed by atoms with Gasteiger partial charge in [-0.25, -0.2) is 0 Å². The van der Waals surface area contributed by atoms with E-state index < -0.39 is 0 Å². The lowest BCUT2D eigenvalue weighted by Gasteiger charge is -2.04. The summed E-state index contributed by atoms with van der Waals surface area (Å²) in [5.41, 5.74) is 5.08.